The van der Waals surface area contributed by atoms with Gasteiger partial charge >= 0.3 is 0 Å². The Hall–Kier alpha value is -0.0400. The highest BCUT2D eigenvalue weighted by atomic mass is 15.0. The average Bonchev–Trinajstić information content (AvgIpc) is 2.57. The molecule has 2 rings (SSSR count). The van der Waals surface area contributed by atoms with E-state index in [0.717, 1.165) is 29.8 Å². The Morgan fingerprint density at radius 3 is 2.39 bits per heavy atom. The number of rotatable bonds is 3. The van der Waals surface area contributed by atoms with Crippen molar-refractivity contribution in [2.24, 2.45) is 23.2 Å². The van der Waals surface area contributed by atoms with Gasteiger partial charge in [-0.3, -0.25) is 0 Å². The highest BCUT2D eigenvalue weighted by Crippen LogP contribution is 2.40. The van der Waals surface area contributed by atoms with Gasteiger partial charge in [0.15, 0.2) is 0 Å². The lowest BCUT2D eigenvalue weighted by Gasteiger charge is -2.41. The molecule has 2 saturated carbocycles. The van der Waals surface area contributed by atoms with Crippen LogP contribution in [0.25, 0.3) is 0 Å². The normalized spacial score (nSPS) is 44.2. The van der Waals surface area contributed by atoms with Crippen LogP contribution in [0.5, 0.6) is 0 Å². The molecule has 18 heavy (non-hydrogen) atoms. The van der Waals surface area contributed by atoms with E-state index in [9.17, 15) is 0 Å². The summed E-state index contributed by atoms with van der Waals surface area (Å²) in [6.07, 6.45) is 8.39. The Labute approximate surface area is 114 Å². The van der Waals surface area contributed by atoms with E-state index < -0.39 is 0 Å². The van der Waals surface area contributed by atoms with E-state index in [0.29, 0.717) is 5.41 Å². The van der Waals surface area contributed by atoms with Crippen LogP contribution in [0.2, 0.25) is 0 Å². The minimum Gasteiger partial charge on any atom is -0.311 e. The maximum Gasteiger partial charge on any atom is 0.00980 e. The van der Waals surface area contributed by atoms with Crippen LogP contribution in [0.4, 0.5) is 0 Å². The Morgan fingerprint density at radius 2 is 1.83 bits per heavy atom. The third-order valence-corrected chi connectivity index (χ3v) is 5.59. The van der Waals surface area contributed by atoms with Crippen molar-refractivity contribution in [3.63, 3.8) is 0 Å². The molecule has 5 atom stereocenters. The number of hydrogen-bond donors (Lipinski definition) is 1. The van der Waals surface area contributed by atoms with Crippen LogP contribution >= 0.6 is 0 Å². The van der Waals surface area contributed by atoms with Gasteiger partial charge in [-0.25, -0.2) is 0 Å². The molecular weight excluding hydrogens is 218 g/mol. The van der Waals surface area contributed by atoms with Gasteiger partial charge in [-0.15, -0.1) is 0 Å². The standard InChI is InChI=1S/C17H33N/c1-6-14-7-8-16(13(14)3)18-15-9-12(2)10-17(4,5)11-15/h12-16,18H,6-11H2,1-5H3. The molecule has 0 bridgehead atoms. The summed E-state index contributed by atoms with van der Waals surface area (Å²) < 4.78 is 0. The molecule has 2 fully saturated rings. The van der Waals surface area contributed by atoms with Gasteiger partial charge in [-0.2, -0.15) is 0 Å². The van der Waals surface area contributed by atoms with Crippen molar-refractivity contribution in [2.75, 3.05) is 0 Å². The van der Waals surface area contributed by atoms with Crippen LogP contribution in [0.15, 0.2) is 0 Å². The first-order valence-electron chi connectivity index (χ1n) is 8.17. The van der Waals surface area contributed by atoms with Gasteiger partial charge in [0.25, 0.3) is 0 Å². The number of hydrogen-bond acceptors (Lipinski definition) is 1. The lowest BCUT2D eigenvalue weighted by Crippen LogP contribution is -2.46. The lowest BCUT2D eigenvalue weighted by molar-refractivity contribution is 0.138. The molecule has 0 radical (unpaired) electrons. The Bertz CT molecular complexity index is 271. The van der Waals surface area contributed by atoms with Gasteiger partial charge in [0.2, 0.25) is 0 Å². The van der Waals surface area contributed by atoms with Gasteiger partial charge in [0.1, 0.15) is 0 Å². The third kappa shape index (κ3) is 3.29. The largest absolute Gasteiger partial charge is 0.311 e. The second-order valence-electron chi connectivity index (χ2n) is 7.99. The summed E-state index contributed by atoms with van der Waals surface area (Å²) in [5.74, 6) is 2.75. The minimum absolute atomic E-state index is 0.543. The van der Waals surface area contributed by atoms with Crippen molar-refractivity contribution >= 4 is 0 Å². The first-order chi connectivity index (χ1) is 8.41. The summed E-state index contributed by atoms with van der Waals surface area (Å²) >= 11 is 0. The molecule has 1 heteroatoms. The smallest absolute Gasteiger partial charge is 0.00980 e. The van der Waals surface area contributed by atoms with Gasteiger partial charge in [0.05, 0.1) is 0 Å². The van der Waals surface area contributed by atoms with Crippen molar-refractivity contribution in [3.05, 3.63) is 0 Å². The molecule has 0 aliphatic heterocycles. The van der Waals surface area contributed by atoms with Crippen molar-refractivity contribution in [2.45, 2.75) is 85.2 Å². The predicted octanol–water partition coefficient (Wildman–Crippen LogP) is 4.62. The molecule has 106 valence electrons. The fraction of sp³-hybridized carbons (Fsp3) is 1.00. The molecule has 1 N–H and O–H groups in total. The highest BCUT2D eigenvalue weighted by Gasteiger charge is 2.36. The van der Waals surface area contributed by atoms with Crippen LogP contribution in [0.3, 0.4) is 0 Å². The second kappa shape index (κ2) is 5.53. The van der Waals surface area contributed by atoms with E-state index in [-0.39, 0.29) is 0 Å². The van der Waals surface area contributed by atoms with Crippen molar-refractivity contribution in [3.8, 4) is 0 Å². The zero-order valence-electron chi connectivity index (χ0n) is 13.1. The summed E-state index contributed by atoms with van der Waals surface area (Å²) in [7, 11) is 0. The van der Waals surface area contributed by atoms with E-state index in [4.69, 9.17) is 0 Å². The molecule has 0 spiro atoms. The van der Waals surface area contributed by atoms with Crippen LogP contribution in [-0.4, -0.2) is 12.1 Å². The molecule has 0 aromatic carbocycles. The maximum absolute atomic E-state index is 4.02. The maximum atomic E-state index is 4.02. The predicted molar refractivity (Wildman–Crippen MR) is 79.7 cm³/mol. The van der Waals surface area contributed by atoms with Crippen molar-refractivity contribution < 1.29 is 0 Å². The lowest BCUT2D eigenvalue weighted by atomic mass is 9.70. The highest BCUT2D eigenvalue weighted by molar-refractivity contribution is 4.92. The molecule has 0 aromatic heterocycles. The molecule has 0 saturated heterocycles. The monoisotopic (exact) mass is 251 g/mol. The summed E-state index contributed by atoms with van der Waals surface area (Å²) in [4.78, 5) is 0. The van der Waals surface area contributed by atoms with Crippen molar-refractivity contribution in [1.29, 1.82) is 0 Å². The average molecular weight is 251 g/mol. The zero-order valence-corrected chi connectivity index (χ0v) is 13.1. The Morgan fingerprint density at radius 1 is 1.11 bits per heavy atom. The van der Waals surface area contributed by atoms with E-state index in [2.05, 4.69) is 39.9 Å². The van der Waals surface area contributed by atoms with Gasteiger partial charge < -0.3 is 5.32 Å². The SMILES string of the molecule is CCC1CCC(NC2CC(C)CC(C)(C)C2)C1C. The fourth-order valence-electron chi connectivity index (χ4n) is 4.83. The molecule has 0 amide bonds. The molecule has 2 aliphatic carbocycles. The van der Waals surface area contributed by atoms with Gasteiger partial charge in [0, 0.05) is 12.1 Å². The molecule has 1 nitrogen and oxygen atoms in total. The van der Waals surface area contributed by atoms with Gasteiger partial charge in [-0.1, -0.05) is 41.0 Å². The zero-order chi connectivity index (χ0) is 13.3. The molecule has 5 unspecified atom stereocenters. The summed E-state index contributed by atoms with van der Waals surface area (Å²) in [5.41, 5.74) is 0.543. The quantitative estimate of drug-likeness (QED) is 0.772. The third-order valence-electron chi connectivity index (χ3n) is 5.59. The first kappa shape index (κ1) is 14.4. The van der Waals surface area contributed by atoms with E-state index >= 15 is 0 Å². The summed E-state index contributed by atoms with van der Waals surface area (Å²) in [6, 6.07) is 1.56. The number of nitrogens with one attached hydrogen (secondary N) is 1. The summed E-state index contributed by atoms with van der Waals surface area (Å²) in [6.45, 7) is 12.2. The first-order valence-corrected chi connectivity index (χ1v) is 8.17. The van der Waals surface area contributed by atoms with Crippen LogP contribution in [0.1, 0.15) is 73.1 Å². The van der Waals surface area contributed by atoms with Crippen LogP contribution in [0, 0.1) is 23.2 Å². The molecule has 0 aromatic rings. The van der Waals surface area contributed by atoms with E-state index in [1.54, 1.807) is 0 Å². The molecule has 0 heterocycles. The molecular formula is C17H33N. The van der Waals surface area contributed by atoms with E-state index in [1.165, 1.54) is 38.5 Å². The van der Waals surface area contributed by atoms with E-state index in [1.807, 2.05) is 0 Å². The fourth-order valence-corrected chi connectivity index (χ4v) is 4.83. The Balaban J connectivity index is 1.90. The Kier molecular flexibility index (Phi) is 4.41. The van der Waals surface area contributed by atoms with Gasteiger partial charge in [-0.05, 0) is 55.3 Å². The second-order valence-corrected chi connectivity index (χ2v) is 7.99. The van der Waals surface area contributed by atoms with Crippen LogP contribution < -0.4 is 5.32 Å². The summed E-state index contributed by atoms with van der Waals surface area (Å²) in [5, 5.41) is 4.02. The molecule has 2 aliphatic rings. The van der Waals surface area contributed by atoms with Crippen molar-refractivity contribution in [1.82, 2.24) is 5.32 Å². The minimum atomic E-state index is 0.543. The topological polar surface area (TPSA) is 12.0 Å². The van der Waals surface area contributed by atoms with Crippen LogP contribution in [-0.2, 0) is 0 Å².